The largest absolute Gasteiger partial charge is 0.496 e. The van der Waals surface area contributed by atoms with E-state index in [1.807, 2.05) is 12.1 Å². The van der Waals surface area contributed by atoms with Crippen LogP contribution in [0.15, 0.2) is 12.1 Å². The third-order valence-electron chi connectivity index (χ3n) is 2.34. The third-order valence-corrected chi connectivity index (χ3v) is 2.34. The maximum Gasteiger partial charge on any atom is 0.169 e. The highest BCUT2D eigenvalue weighted by Gasteiger charge is 2.28. The average molecular weight is 195 g/mol. The summed E-state index contributed by atoms with van der Waals surface area (Å²) >= 11 is 0. The Morgan fingerprint density at radius 3 is 2.57 bits per heavy atom. The zero-order valence-electron chi connectivity index (χ0n) is 8.24. The maximum absolute atomic E-state index is 5.89. The summed E-state index contributed by atoms with van der Waals surface area (Å²) < 4.78 is 15.8. The van der Waals surface area contributed by atoms with E-state index >= 15 is 0 Å². The fraction of sp³-hybridized carbons (Fsp3) is 0.400. The van der Waals surface area contributed by atoms with E-state index in [9.17, 15) is 0 Å². The van der Waals surface area contributed by atoms with Crippen molar-refractivity contribution >= 4 is 0 Å². The van der Waals surface area contributed by atoms with Crippen LogP contribution in [0.4, 0.5) is 0 Å². The lowest BCUT2D eigenvalue weighted by atomic mass is 10.1. The number of fused-ring (bicyclic) bond motifs is 1. The molecular weight excluding hydrogens is 182 g/mol. The number of benzene rings is 1. The van der Waals surface area contributed by atoms with Crippen LogP contribution in [-0.2, 0) is 0 Å². The molecule has 1 aromatic carbocycles. The van der Waals surface area contributed by atoms with Crippen molar-refractivity contribution in [2.75, 3.05) is 20.8 Å². The highest BCUT2D eigenvalue weighted by molar-refractivity contribution is 5.57. The Kier molecular flexibility index (Phi) is 2.21. The van der Waals surface area contributed by atoms with Gasteiger partial charge >= 0.3 is 0 Å². The van der Waals surface area contributed by atoms with Crippen molar-refractivity contribution in [3.8, 4) is 17.2 Å². The van der Waals surface area contributed by atoms with Crippen LogP contribution in [0.1, 0.15) is 11.6 Å². The molecule has 0 saturated heterocycles. The van der Waals surface area contributed by atoms with E-state index in [4.69, 9.17) is 19.9 Å². The first kappa shape index (κ1) is 9.15. The summed E-state index contributed by atoms with van der Waals surface area (Å²) in [7, 11) is 3.22. The van der Waals surface area contributed by atoms with Crippen molar-refractivity contribution < 1.29 is 14.2 Å². The Morgan fingerprint density at radius 1 is 1.29 bits per heavy atom. The molecule has 1 aliphatic rings. The van der Waals surface area contributed by atoms with Gasteiger partial charge in [0.15, 0.2) is 11.5 Å². The summed E-state index contributed by atoms with van der Waals surface area (Å²) in [5.41, 5.74) is 6.78. The molecule has 4 heteroatoms. The smallest absolute Gasteiger partial charge is 0.169 e. The zero-order chi connectivity index (χ0) is 10.1. The summed E-state index contributed by atoms with van der Waals surface area (Å²) in [5.74, 6) is 2.17. The second-order valence-corrected chi connectivity index (χ2v) is 3.13. The Bertz CT molecular complexity index is 351. The van der Waals surface area contributed by atoms with Gasteiger partial charge in [0.1, 0.15) is 12.4 Å². The SMILES string of the molecule is COc1ccc(OC)c2c1OC[C@@H]2N. The molecule has 4 nitrogen and oxygen atoms in total. The van der Waals surface area contributed by atoms with Gasteiger partial charge in [-0.1, -0.05) is 0 Å². The van der Waals surface area contributed by atoms with Crippen LogP contribution in [0.5, 0.6) is 17.2 Å². The fourth-order valence-corrected chi connectivity index (χ4v) is 1.66. The predicted molar refractivity (Wildman–Crippen MR) is 52.0 cm³/mol. The van der Waals surface area contributed by atoms with Crippen LogP contribution in [-0.4, -0.2) is 20.8 Å². The van der Waals surface area contributed by atoms with Gasteiger partial charge in [0.05, 0.1) is 25.8 Å². The van der Waals surface area contributed by atoms with Crippen molar-refractivity contribution in [1.82, 2.24) is 0 Å². The van der Waals surface area contributed by atoms with Crippen LogP contribution in [0.2, 0.25) is 0 Å². The van der Waals surface area contributed by atoms with E-state index in [1.165, 1.54) is 0 Å². The molecule has 0 amide bonds. The molecule has 2 N–H and O–H groups in total. The minimum Gasteiger partial charge on any atom is -0.496 e. The molecule has 0 aromatic heterocycles. The van der Waals surface area contributed by atoms with Crippen molar-refractivity contribution in [2.45, 2.75) is 6.04 Å². The summed E-state index contributed by atoms with van der Waals surface area (Å²) in [5, 5.41) is 0. The zero-order valence-corrected chi connectivity index (χ0v) is 8.24. The first-order valence-corrected chi connectivity index (χ1v) is 4.41. The highest BCUT2D eigenvalue weighted by Crippen LogP contribution is 2.44. The Morgan fingerprint density at radius 2 is 1.93 bits per heavy atom. The van der Waals surface area contributed by atoms with E-state index in [0.717, 1.165) is 11.3 Å². The van der Waals surface area contributed by atoms with Crippen LogP contribution in [0.25, 0.3) is 0 Å². The third kappa shape index (κ3) is 1.19. The molecule has 1 heterocycles. The minimum atomic E-state index is -0.130. The number of ether oxygens (including phenoxy) is 3. The van der Waals surface area contributed by atoms with Crippen LogP contribution in [0.3, 0.4) is 0 Å². The normalized spacial score (nSPS) is 18.6. The molecule has 1 aliphatic heterocycles. The summed E-state index contributed by atoms with van der Waals surface area (Å²) in [4.78, 5) is 0. The second-order valence-electron chi connectivity index (χ2n) is 3.13. The molecule has 0 unspecified atom stereocenters. The number of rotatable bonds is 2. The molecule has 0 fully saturated rings. The van der Waals surface area contributed by atoms with E-state index in [0.29, 0.717) is 18.1 Å². The lowest BCUT2D eigenvalue weighted by Crippen LogP contribution is -2.11. The highest BCUT2D eigenvalue weighted by atomic mass is 16.5. The fourth-order valence-electron chi connectivity index (χ4n) is 1.66. The quantitative estimate of drug-likeness (QED) is 0.767. The molecule has 0 saturated carbocycles. The Hall–Kier alpha value is -1.42. The lowest BCUT2D eigenvalue weighted by molar-refractivity contribution is 0.311. The number of nitrogens with two attached hydrogens (primary N) is 1. The van der Waals surface area contributed by atoms with Gasteiger partial charge in [-0.15, -0.1) is 0 Å². The molecule has 0 aliphatic carbocycles. The predicted octanol–water partition coefficient (Wildman–Crippen LogP) is 1.10. The Labute approximate surface area is 82.6 Å². The van der Waals surface area contributed by atoms with Gasteiger partial charge in [-0.05, 0) is 12.1 Å². The van der Waals surface area contributed by atoms with Crippen molar-refractivity contribution in [2.24, 2.45) is 5.73 Å². The van der Waals surface area contributed by atoms with Gasteiger partial charge in [-0.25, -0.2) is 0 Å². The van der Waals surface area contributed by atoms with E-state index < -0.39 is 0 Å². The Balaban J connectivity index is 2.56. The van der Waals surface area contributed by atoms with Crippen molar-refractivity contribution in [3.63, 3.8) is 0 Å². The van der Waals surface area contributed by atoms with Crippen molar-refractivity contribution in [1.29, 1.82) is 0 Å². The molecular formula is C10H13NO3. The summed E-state index contributed by atoms with van der Waals surface area (Å²) in [6.07, 6.45) is 0. The minimum absolute atomic E-state index is 0.130. The topological polar surface area (TPSA) is 53.7 Å². The molecule has 1 atom stereocenters. The van der Waals surface area contributed by atoms with Crippen LogP contribution < -0.4 is 19.9 Å². The summed E-state index contributed by atoms with van der Waals surface area (Å²) in [6, 6.07) is 3.53. The molecule has 0 spiro atoms. The molecule has 76 valence electrons. The standard InChI is InChI=1S/C10H13NO3/c1-12-7-3-4-8(13-2)10-9(7)6(11)5-14-10/h3-4,6H,5,11H2,1-2H3/t6-/m0/s1. The number of hydrogen-bond donors (Lipinski definition) is 1. The molecule has 2 rings (SSSR count). The number of methoxy groups -OCH3 is 2. The molecule has 1 aromatic rings. The lowest BCUT2D eigenvalue weighted by Gasteiger charge is -2.10. The maximum atomic E-state index is 5.89. The van der Waals surface area contributed by atoms with Gasteiger partial charge in [0.2, 0.25) is 0 Å². The van der Waals surface area contributed by atoms with Crippen LogP contribution >= 0.6 is 0 Å². The van der Waals surface area contributed by atoms with Gasteiger partial charge in [0.25, 0.3) is 0 Å². The van der Waals surface area contributed by atoms with Crippen molar-refractivity contribution in [3.05, 3.63) is 17.7 Å². The monoisotopic (exact) mass is 195 g/mol. The molecule has 0 bridgehead atoms. The van der Waals surface area contributed by atoms with E-state index in [-0.39, 0.29) is 6.04 Å². The van der Waals surface area contributed by atoms with E-state index in [1.54, 1.807) is 14.2 Å². The van der Waals surface area contributed by atoms with Gasteiger partial charge in [-0.3, -0.25) is 0 Å². The number of hydrogen-bond acceptors (Lipinski definition) is 4. The van der Waals surface area contributed by atoms with Gasteiger partial charge in [0, 0.05) is 0 Å². The first-order chi connectivity index (χ1) is 6.77. The first-order valence-electron chi connectivity index (χ1n) is 4.41. The van der Waals surface area contributed by atoms with Crippen LogP contribution in [0, 0.1) is 0 Å². The van der Waals surface area contributed by atoms with Gasteiger partial charge < -0.3 is 19.9 Å². The average Bonchev–Trinajstić information content (AvgIpc) is 2.60. The van der Waals surface area contributed by atoms with E-state index in [2.05, 4.69) is 0 Å². The molecule has 14 heavy (non-hydrogen) atoms. The second kappa shape index (κ2) is 3.38. The van der Waals surface area contributed by atoms with Gasteiger partial charge in [-0.2, -0.15) is 0 Å². The molecule has 0 radical (unpaired) electrons. The summed E-state index contributed by atoms with van der Waals surface area (Å²) in [6.45, 7) is 0.478.